The molecule has 0 aromatic heterocycles. The molecule has 0 saturated heterocycles. The normalized spacial score (nSPS) is 12.1. The maximum atomic E-state index is 11.3. The zero-order valence-corrected chi connectivity index (χ0v) is 12.8. The summed E-state index contributed by atoms with van der Waals surface area (Å²) in [6.07, 6.45) is 14.5. The van der Waals surface area contributed by atoms with Crippen molar-refractivity contribution in [1.29, 1.82) is 0 Å². The monoisotopic (exact) mass is 288 g/mol. The molecule has 1 N–H and O–H groups in total. The minimum absolute atomic E-state index is 0.0963. The largest absolute Gasteiger partial charge is 0.463 e. The molecule has 0 aromatic rings. The van der Waals surface area contributed by atoms with Crippen LogP contribution in [0.3, 0.4) is 0 Å². The van der Waals surface area contributed by atoms with E-state index in [0.29, 0.717) is 19.3 Å². The molecule has 0 rings (SSSR count). The summed E-state index contributed by atoms with van der Waals surface area (Å²) in [5.41, 5.74) is 0. The zero-order chi connectivity index (χ0) is 15.9. The molecule has 114 valence electrons. The number of hydrogen-bond donors (Lipinski definition) is 1. The van der Waals surface area contributed by atoms with Gasteiger partial charge in [-0.1, -0.05) is 30.1 Å². The molecule has 0 bridgehead atoms. The first-order valence-electron chi connectivity index (χ1n) is 7.20. The van der Waals surface area contributed by atoms with E-state index in [4.69, 9.17) is 11.2 Å². The van der Waals surface area contributed by atoms with Crippen molar-refractivity contribution >= 4 is 5.97 Å². The Bertz CT molecular complexity index is 441. The third-order valence-electron chi connectivity index (χ3n) is 2.36. The summed E-state index contributed by atoms with van der Waals surface area (Å²) in [7, 11) is 0. The highest BCUT2D eigenvalue weighted by atomic mass is 16.5. The van der Waals surface area contributed by atoms with Crippen molar-refractivity contribution in [2.24, 2.45) is 0 Å². The maximum absolute atomic E-state index is 11.3. The molecule has 0 amide bonds. The van der Waals surface area contributed by atoms with Crippen LogP contribution in [-0.4, -0.2) is 23.3 Å². The van der Waals surface area contributed by atoms with Gasteiger partial charge in [-0.15, -0.1) is 12.3 Å². The molecule has 3 heteroatoms. The van der Waals surface area contributed by atoms with Gasteiger partial charge in [-0.2, -0.15) is 0 Å². The highest BCUT2D eigenvalue weighted by Gasteiger charge is 2.06. The fourth-order valence-electron chi connectivity index (χ4n) is 1.42. The molecule has 1 atom stereocenters. The van der Waals surface area contributed by atoms with Crippen LogP contribution in [0.5, 0.6) is 0 Å². The molecule has 3 nitrogen and oxygen atoms in total. The minimum Gasteiger partial charge on any atom is -0.463 e. The Morgan fingerprint density at radius 2 is 2.14 bits per heavy atom. The van der Waals surface area contributed by atoms with Gasteiger partial charge in [-0.3, -0.25) is 4.79 Å². The molecule has 0 spiro atoms. The fraction of sp³-hybridized carbons (Fsp3) is 0.500. The second-order valence-corrected chi connectivity index (χ2v) is 4.77. The molecule has 0 radical (unpaired) electrons. The highest BCUT2D eigenvalue weighted by Crippen LogP contribution is 2.03. The van der Waals surface area contributed by atoms with Crippen LogP contribution in [0.25, 0.3) is 0 Å². The van der Waals surface area contributed by atoms with Crippen LogP contribution in [0.4, 0.5) is 0 Å². The number of esters is 1. The number of carbonyl (C=O) groups is 1. The van der Waals surface area contributed by atoms with Crippen LogP contribution >= 0.6 is 0 Å². The molecule has 0 aromatic carbocycles. The Morgan fingerprint density at radius 3 is 2.81 bits per heavy atom. The Hall–Kier alpha value is -1.97. The Labute approximate surface area is 128 Å². The summed E-state index contributed by atoms with van der Waals surface area (Å²) in [4.78, 5) is 11.3. The lowest BCUT2D eigenvalue weighted by Gasteiger charge is -2.07. The van der Waals surface area contributed by atoms with Gasteiger partial charge in [-0.05, 0) is 39.2 Å². The summed E-state index contributed by atoms with van der Waals surface area (Å²) in [6.45, 7) is 3.62. The second-order valence-electron chi connectivity index (χ2n) is 4.77. The number of allylic oxidation sites excluding steroid dienone is 4. The van der Waals surface area contributed by atoms with Crippen molar-refractivity contribution in [2.45, 2.75) is 58.2 Å². The molecule has 0 heterocycles. The van der Waals surface area contributed by atoms with Gasteiger partial charge < -0.3 is 9.84 Å². The van der Waals surface area contributed by atoms with Crippen molar-refractivity contribution in [3.8, 4) is 24.2 Å². The lowest BCUT2D eigenvalue weighted by Crippen LogP contribution is -2.12. The van der Waals surface area contributed by atoms with Crippen LogP contribution in [-0.2, 0) is 9.53 Å². The van der Waals surface area contributed by atoms with E-state index < -0.39 is 6.10 Å². The van der Waals surface area contributed by atoms with Gasteiger partial charge in [0.15, 0.2) is 0 Å². The van der Waals surface area contributed by atoms with Gasteiger partial charge in [0, 0.05) is 12.8 Å². The Balaban J connectivity index is 3.80. The molecule has 0 aliphatic heterocycles. The molecular formula is C18H24O3. The first kappa shape index (κ1) is 19.0. The van der Waals surface area contributed by atoms with E-state index in [0.717, 1.165) is 12.8 Å². The summed E-state index contributed by atoms with van der Waals surface area (Å²) < 4.78 is 5.00. The van der Waals surface area contributed by atoms with E-state index in [9.17, 15) is 9.90 Å². The van der Waals surface area contributed by atoms with Crippen molar-refractivity contribution < 1.29 is 14.6 Å². The van der Waals surface area contributed by atoms with E-state index in [-0.39, 0.29) is 12.1 Å². The lowest BCUT2D eigenvalue weighted by atomic mass is 10.1. The number of unbranched alkanes of at least 4 members (excludes halogenated alkanes) is 1. The van der Waals surface area contributed by atoms with Gasteiger partial charge in [0.1, 0.15) is 6.10 Å². The van der Waals surface area contributed by atoms with E-state index in [1.54, 1.807) is 12.2 Å². The van der Waals surface area contributed by atoms with Crippen molar-refractivity contribution in [1.82, 2.24) is 0 Å². The summed E-state index contributed by atoms with van der Waals surface area (Å²) in [5, 5.41) is 9.62. The number of aliphatic hydroxyl groups excluding tert-OH is 1. The van der Waals surface area contributed by atoms with Crippen LogP contribution in [0, 0.1) is 24.2 Å². The zero-order valence-electron chi connectivity index (χ0n) is 12.8. The molecule has 0 aliphatic rings. The van der Waals surface area contributed by atoms with Gasteiger partial charge in [-0.25, -0.2) is 0 Å². The highest BCUT2D eigenvalue weighted by molar-refractivity contribution is 5.69. The number of aliphatic hydroxyl groups is 1. The van der Waals surface area contributed by atoms with Crippen molar-refractivity contribution in [3.63, 3.8) is 0 Å². The predicted octanol–water partition coefficient (Wildman–Crippen LogP) is 3.00. The number of hydrogen-bond acceptors (Lipinski definition) is 3. The molecule has 0 aliphatic carbocycles. The maximum Gasteiger partial charge on any atom is 0.306 e. The Morgan fingerprint density at radius 1 is 1.38 bits per heavy atom. The van der Waals surface area contributed by atoms with E-state index in [1.165, 1.54) is 0 Å². The van der Waals surface area contributed by atoms with E-state index in [2.05, 4.69) is 17.8 Å². The number of carbonyl (C=O) groups excluding carboxylic acids is 1. The third kappa shape index (κ3) is 14.3. The predicted molar refractivity (Wildman–Crippen MR) is 85.2 cm³/mol. The average Bonchev–Trinajstić information content (AvgIpc) is 2.41. The number of rotatable bonds is 8. The quantitative estimate of drug-likeness (QED) is 0.323. The van der Waals surface area contributed by atoms with E-state index >= 15 is 0 Å². The third-order valence-corrected chi connectivity index (χ3v) is 2.36. The molecule has 0 saturated carbocycles. The first-order chi connectivity index (χ1) is 10.1. The number of ether oxygens (including phenoxy) is 1. The Kier molecular flexibility index (Phi) is 11.8. The van der Waals surface area contributed by atoms with E-state index in [1.807, 2.05) is 26.0 Å². The fourth-order valence-corrected chi connectivity index (χ4v) is 1.42. The van der Waals surface area contributed by atoms with Gasteiger partial charge in [0.25, 0.3) is 0 Å². The lowest BCUT2D eigenvalue weighted by molar-refractivity contribution is -0.147. The minimum atomic E-state index is -0.716. The van der Waals surface area contributed by atoms with Gasteiger partial charge in [0.2, 0.25) is 0 Å². The summed E-state index contributed by atoms with van der Waals surface area (Å²) >= 11 is 0. The molecule has 1 unspecified atom stereocenters. The van der Waals surface area contributed by atoms with Crippen LogP contribution in [0.2, 0.25) is 0 Å². The van der Waals surface area contributed by atoms with Crippen LogP contribution in [0.15, 0.2) is 24.3 Å². The molecular weight excluding hydrogens is 264 g/mol. The van der Waals surface area contributed by atoms with Crippen molar-refractivity contribution in [2.75, 3.05) is 0 Å². The number of terminal acetylenes is 1. The topological polar surface area (TPSA) is 46.5 Å². The molecule has 21 heavy (non-hydrogen) atoms. The standard InChI is InChI=1S/C18H24O3/c1-4-5-6-7-8-9-10-11-13-17(19)14-12-15-18(20)21-16(2)3/h1,7-10,16-17,19H,5-6,12,14-15H2,2-3H3/b8-7+,10-9+. The first-order valence-corrected chi connectivity index (χ1v) is 7.20. The van der Waals surface area contributed by atoms with Crippen LogP contribution < -0.4 is 0 Å². The second kappa shape index (κ2) is 13.0. The smallest absolute Gasteiger partial charge is 0.306 e. The average molecular weight is 288 g/mol. The SMILES string of the molecule is C#CCC/C=C/C=C/C#CC(O)CCCC(=O)OC(C)C. The van der Waals surface area contributed by atoms with Gasteiger partial charge in [0.05, 0.1) is 6.10 Å². The van der Waals surface area contributed by atoms with Crippen molar-refractivity contribution in [3.05, 3.63) is 24.3 Å². The molecule has 0 fully saturated rings. The summed E-state index contributed by atoms with van der Waals surface area (Å²) in [5.74, 6) is 7.78. The van der Waals surface area contributed by atoms with Crippen LogP contribution in [0.1, 0.15) is 46.0 Å². The van der Waals surface area contributed by atoms with Gasteiger partial charge >= 0.3 is 5.97 Å². The summed E-state index contributed by atoms with van der Waals surface area (Å²) in [6, 6.07) is 0.